The zero-order chi connectivity index (χ0) is 14.4. The van der Waals surface area contributed by atoms with Crippen molar-refractivity contribution in [3.8, 4) is 11.1 Å². The number of H-pyrrole nitrogens is 2. The van der Waals surface area contributed by atoms with Crippen LogP contribution in [-0.2, 0) is 0 Å². The van der Waals surface area contributed by atoms with Crippen molar-refractivity contribution < 1.29 is 0 Å². The summed E-state index contributed by atoms with van der Waals surface area (Å²) in [7, 11) is 0. The lowest BCUT2D eigenvalue weighted by Crippen LogP contribution is -2.07. The van der Waals surface area contributed by atoms with Gasteiger partial charge in [0.25, 0.3) is 5.56 Å². The third-order valence-corrected chi connectivity index (χ3v) is 4.94. The molecule has 2 N–H and O–H groups in total. The molecule has 3 rings (SSSR count). The van der Waals surface area contributed by atoms with E-state index in [4.69, 9.17) is 35.4 Å². The summed E-state index contributed by atoms with van der Waals surface area (Å²) in [6.45, 7) is 1.96. The van der Waals surface area contributed by atoms with Crippen molar-refractivity contribution in [2.75, 3.05) is 0 Å². The van der Waals surface area contributed by atoms with Gasteiger partial charge in [-0.05, 0) is 36.8 Å². The highest BCUT2D eigenvalue weighted by molar-refractivity contribution is 7.71. The molecule has 0 aliphatic rings. The van der Waals surface area contributed by atoms with Crippen LogP contribution in [0.1, 0.15) is 4.88 Å². The molecule has 0 atom stereocenters. The Morgan fingerprint density at radius 1 is 1.20 bits per heavy atom. The highest BCUT2D eigenvalue weighted by Crippen LogP contribution is 2.37. The summed E-state index contributed by atoms with van der Waals surface area (Å²) in [5.74, 6) is 0. The molecule has 0 saturated heterocycles. The molecule has 1 aromatic carbocycles. The summed E-state index contributed by atoms with van der Waals surface area (Å²) in [5.41, 5.74) is 1.52. The number of aromatic nitrogens is 2. The minimum absolute atomic E-state index is 0.200. The lowest BCUT2D eigenvalue weighted by Gasteiger charge is -2.03. The van der Waals surface area contributed by atoms with Crippen LogP contribution in [0.25, 0.3) is 21.3 Å². The second-order valence-electron chi connectivity index (χ2n) is 4.27. The Kier molecular flexibility index (Phi) is 3.46. The fourth-order valence-corrected chi connectivity index (χ4v) is 3.78. The van der Waals surface area contributed by atoms with E-state index < -0.39 is 0 Å². The van der Waals surface area contributed by atoms with E-state index >= 15 is 0 Å². The average molecular weight is 343 g/mol. The van der Waals surface area contributed by atoms with Crippen molar-refractivity contribution >= 4 is 57.0 Å². The number of aryl methyl sites for hydroxylation is 1. The van der Waals surface area contributed by atoms with Crippen molar-refractivity contribution in [1.29, 1.82) is 0 Å². The van der Waals surface area contributed by atoms with Gasteiger partial charge in [-0.25, -0.2) is 0 Å². The Morgan fingerprint density at radius 2 is 1.95 bits per heavy atom. The number of fused-ring (bicyclic) bond motifs is 1. The van der Waals surface area contributed by atoms with Gasteiger partial charge in [-0.1, -0.05) is 29.3 Å². The SMILES string of the molecule is Cc1sc2[nH]c(=S)[nH]c(=O)c2c1-c1ccc(Cl)c(Cl)c1. The average Bonchev–Trinajstić information content (AvgIpc) is 2.69. The van der Waals surface area contributed by atoms with Crippen LogP contribution < -0.4 is 5.56 Å². The quantitative estimate of drug-likeness (QED) is 0.616. The van der Waals surface area contributed by atoms with Crippen molar-refractivity contribution in [1.82, 2.24) is 9.97 Å². The Hall–Kier alpha value is -1.14. The predicted octanol–water partition coefficient (Wildman–Crippen LogP) is 4.93. The van der Waals surface area contributed by atoms with Crippen molar-refractivity contribution in [3.63, 3.8) is 0 Å². The highest BCUT2D eigenvalue weighted by Gasteiger charge is 2.15. The molecular formula is C13H8Cl2N2OS2. The van der Waals surface area contributed by atoms with Crippen LogP contribution in [0.5, 0.6) is 0 Å². The standard InChI is InChI=1S/C13H8Cl2N2OS2/c1-5-9(6-2-3-7(14)8(15)4-6)10-11(18)16-13(19)17-12(10)20-5/h2-4H,1H3,(H2,16,17,18,19). The smallest absolute Gasteiger partial charge is 0.261 e. The molecule has 0 radical (unpaired) electrons. The first-order valence-corrected chi connectivity index (χ1v) is 7.66. The van der Waals surface area contributed by atoms with Crippen LogP contribution in [-0.4, -0.2) is 9.97 Å². The number of thiophene rings is 1. The van der Waals surface area contributed by atoms with Gasteiger partial charge < -0.3 is 4.98 Å². The molecule has 0 fully saturated rings. The predicted molar refractivity (Wildman–Crippen MR) is 87.8 cm³/mol. The van der Waals surface area contributed by atoms with Gasteiger partial charge >= 0.3 is 0 Å². The summed E-state index contributed by atoms with van der Waals surface area (Å²) in [4.78, 5) is 19.6. The van der Waals surface area contributed by atoms with Crippen LogP contribution >= 0.6 is 46.8 Å². The molecule has 20 heavy (non-hydrogen) atoms. The van der Waals surface area contributed by atoms with Crippen molar-refractivity contribution in [2.24, 2.45) is 0 Å². The molecule has 0 saturated carbocycles. The first-order chi connectivity index (χ1) is 9.47. The van der Waals surface area contributed by atoms with Crippen LogP contribution in [0.15, 0.2) is 23.0 Å². The minimum atomic E-state index is -0.200. The van der Waals surface area contributed by atoms with Gasteiger partial charge in [0, 0.05) is 10.4 Å². The first kappa shape index (κ1) is 13.8. The van der Waals surface area contributed by atoms with Gasteiger partial charge in [0.1, 0.15) is 4.83 Å². The van der Waals surface area contributed by atoms with Gasteiger partial charge in [0.05, 0.1) is 15.4 Å². The normalized spacial score (nSPS) is 11.2. The summed E-state index contributed by atoms with van der Waals surface area (Å²) in [6, 6.07) is 5.34. The maximum atomic E-state index is 12.2. The molecule has 3 nitrogen and oxygen atoms in total. The molecule has 2 heterocycles. The van der Waals surface area contributed by atoms with Gasteiger partial charge in [-0.3, -0.25) is 9.78 Å². The van der Waals surface area contributed by atoms with E-state index in [0.29, 0.717) is 20.2 Å². The van der Waals surface area contributed by atoms with Crippen LogP contribution in [0.4, 0.5) is 0 Å². The number of rotatable bonds is 1. The van der Waals surface area contributed by atoms with E-state index in [1.807, 2.05) is 13.0 Å². The van der Waals surface area contributed by atoms with E-state index in [1.165, 1.54) is 11.3 Å². The molecule has 7 heteroatoms. The molecular weight excluding hydrogens is 335 g/mol. The molecule has 2 aromatic heterocycles. The number of aromatic amines is 2. The Bertz CT molecular complexity index is 940. The summed E-state index contributed by atoms with van der Waals surface area (Å²) in [5, 5.41) is 1.55. The molecule has 0 spiro atoms. The van der Waals surface area contributed by atoms with E-state index in [0.717, 1.165) is 20.8 Å². The van der Waals surface area contributed by atoms with Crippen LogP contribution in [0.3, 0.4) is 0 Å². The number of hydrogen-bond donors (Lipinski definition) is 2. The maximum Gasteiger partial charge on any atom is 0.261 e. The monoisotopic (exact) mass is 342 g/mol. The third-order valence-electron chi connectivity index (χ3n) is 2.97. The van der Waals surface area contributed by atoms with E-state index in [1.54, 1.807) is 12.1 Å². The second kappa shape index (κ2) is 5.00. The molecule has 0 bridgehead atoms. The Labute approximate surface area is 133 Å². The Balaban J connectivity index is 2.41. The number of benzene rings is 1. The topological polar surface area (TPSA) is 48.6 Å². The zero-order valence-corrected chi connectivity index (χ0v) is 13.4. The molecule has 0 amide bonds. The van der Waals surface area contributed by atoms with E-state index in [-0.39, 0.29) is 5.56 Å². The number of halogens is 2. The van der Waals surface area contributed by atoms with E-state index in [2.05, 4.69) is 9.97 Å². The molecule has 0 unspecified atom stereocenters. The zero-order valence-electron chi connectivity index (χ0n) is 10.2. The van der Waals surface area contributed by atoms with Gasteiger partial charge in [-0.2, -0.15) is 0 Å². The fourth-order valence-electron chi connectivity index (χ4n) is 2.15. The lowest BCUT2D eigenvalue weighted by molar-refractivity contribution is 1.15. The highest BCUT2D eigenvalue weighted by atomic mass is 35.5. The van der Waals surface area contributed by atoms with Crippen molar-refractivity contribution in [2.45, 2.75) is 6.92 Å². The summed E-state index contributed by atoms with van der Waals surface area (Å²) < 4.78 is 0.324. The van der Waals surface area contributed by atoms with Crippen molar-refractivity contribution in [3.05, 3.63) is 48.2 Å². The van der Waals surface area contributed by atoms with Gasteiger partial charge in [-0.15, -0.1) is 11.3 Å². The number of hydrogen-bond acceptors (Lipinski definition) is 3. The Morgan fingerprint density at radius 3 is 2.65 bits per heavy atom. The molecule has 3 aromatic rings. The minimum Gasteiger partial charge on any atom is -0.323 e. The second-order valence-corrected chi connectivity index (χ2v) is 6.72. The molecule has 102 valence electrons. The van der Waals surface area contributed by atoms with E-state index in [9.17, 15) is 4.79 Å². The molecule has 0 aliphatic carbocycles. The lowest BCUT2D eigenvalue weighted by atomic mass is 10.0. The van der Waals surface area contributed by atoms with Crippen LogP contribution in [0.2, 0.25) is 10.0 Å². The fraction of sp³-hybridized carbons (Fsp3) is 0.0769. The largest absolute Gasteiger partial charge is 0.323 e. The first-order valence-electron chi connectivity index (χ1n) is 5.68. The summed E-state index contributed by atoms with van der Waals surface area (Å²) >= 11 is 18.5. The maximum absolute atomic E-state index is 12.2. The number of nitrogens with one attached hydrogen (secondary N) is 2. The van der Waals surface area contributed by atoms with Gasteiger partial charge in [0.2, 0.25) is 0 Å². The summed E-state index contributed by atoms with van der Waals surface area (Å²) in [6.07, 6.45) is 0. The third kappa shape index (κ3) is 2.20. The molecule has 0 aliphatic heterocycles. The van der Waals surface area contributed by atoms with Gasteiger partial charge in [0.15, 0.2) is 4.77 Å². The van der Waals surface area contributed by atoms with Crippen LogP contribution in [0, 0.1) is 11.7 Å².